The molecule has 0 radical (unpaired) electrons. The molecule has 2 heterocycles. The number of Topliss-reactive ketones (excluding diaryl/α,β-unsaturated/α-hetero) is 1. The van der Waals surface area contributed by atoms with Crippen LogP contribution < -0.4 is 9.64 Å². The van der Waals surface area contributed by atoms with Gasteiger partial charge in [0, 0.05) is 17.4 Å². The van der Waals surface area contributed by atoms with E-state index < -0.39 is 17.7 Å². The smallest absolute Gasteiger partial charge is 0.300 e. The number of aromatic nitrogens is 1. The number of ketones is 1. The Hall–Kier alpha value is -3.93. The normalized spacial score (nSPS) is 17.4. The van der Waals surface area contributed by atoms with E-state index in [0.29, 0.717) is 35.2 Å². The number of aliphatic hydroxyl groups excluding tert-OH is 1. The van der Waals surface area contributed by atoms with Gasteiger partial charge in [0.05, 0.1) is 17.9 Å². The zero-order chi connectivity index (χ0) is 24.4. The van der Waals surface area contributed by atoms with Crippen molar-refractivity contribution in [2.24, 2.45) is 5.92 Å². The van der Waals surface area contributed by atoms with E-state index in [9.17, 15) is 14.7 Å². The van der Waals surface area contributed by atoms with Crippen LogP contribution in [0.4, 0.5) is 5.69 Å². The van der Waals surface area contributed by atoms with E-state index in [0.717, 1.165) is 11.1 Å². The topological polar surface area (TPSA) is 79.7 Å². The van der Waals surface area contributed by atoms with Crippen LogP contribution in [0.5, 0.6) is 5.75 Å². The number of carbonyl (C=O) groups is 2. The number of carbonyl (C=O) groups excluding carboxylic acids is 2. The molecular weight excluding hydrogens is 428 g/mol. The SMILES string of the molecule is Cc1cc(C)cc(N2C(=O)C(=O)/C(=C(/O)c3ccc(OCC(C)C)cc3)C2c2ccccn2)c1. The van der Waals surface area contributed by atoms with Crippen molar-refractivity contribution in [1.29, 1.82) is 0 Å². The number of benzene rings is 2. The Morgan fingerprint density at radius 1 is 1.03 bits per heavy atom. The molecule has 0 spiro atoms. The van der Waals surface area contributed by atoms with Crippen molar-refractivity contribution in [3.63, 3.8) is 0 Å². The molecule has 0 bridgehead atoms. The van der Waals surface area contributed by atoms with E-state index in [1.807, 2.05) is 32.0 Å². The van der Waals surface area contributed by atoms with Crippen molar-refractivity contribution in [3.8, 4) is 5.75 Å². The van der Waals surface area contributed by atoms with E-state index in [4.69, 9.17) is 4.74 Å². The monoisotopic (exact) mass is 456 g/mol. The van der Waals surface area contributed by atoms with Crippen LogP contribution in [-0.4, -0.2) is 28.4 Å². The average Bonchev–Trinajstić information content (AvgIpc) is 3.08. The van der Waals surface area contributed by atoms with Gasteiger partial charge in [-0.2, -0.15) is 0 Å². The van der Waals surface area contributed by atoms with Gasteiger partial charge in [0.2, 0.25) is 0 Å². The number of aliphatic hydroxyl groups is 1. The van der Waals surface area contributed by atoms with Crippen LogP contribution in [-0.2, 0) is 9.59 Å². The number of aryl methyl sites for hydroxylation is 2. The van der Waals surface area contributed by atoms with Crippen molar-refractivity contribution < 1.29 is 19.4 Å². The summed E-state index contributed by atoms with van der Waals surface area (Å²) in [5.41, 5.74) is 3.46. The maximum absolute atomic E-state index is 13.2. The number of amides is 1. The quantitative estimate of drug-likeness (QED) is 0.307. The molecule has 3 aromatic rings. The highest BCUT2D eigenvalue weighted by molar-refractivity contribution is 6.51. The molecule has 1 unspecified atom stereocenters. The number of nitrogens with zero attached hydrogens (tertiary/aromatic N) is 2. The third-order valence-electron chi connectivity index (χ3n) is 5.61. The van der Waals surface area contributed by atoms with Crippen LogP contribution in [0.25, 0.3) is 5.76 Å². The van der Waals surface area contributed by atoms with Gasteiger partial charge in [-0.15, -0.1) is 0 Å². The van der Waals surface area contributed by atoms with Gasteiger partial charge in [0.15, 0.2) is 0 Å². The second-order valence-corrected chi connectivity index (χ2v) is 9.00. The van der Waals surface area contributed by atoms with Gasteiger partial charge < -0.3 is 9.84 Å². The number of rotatable bonds is 6. The van der Waals surface area contributed by atoms with Gasteiger partial charge >= 0.3 is 0 Å². The van der Waals surface area contributed by atoms with E-state index in [2.05, 4.69) is 18.8 Å². The third-order valence-corrected chi connectivity index (χ3v) is 5.61. The molecular formula is C28H28N2O4. The van der Waals surface area contributed by atoms with Crippen LogP contribution >= 0.6 is 0 Å². The molecule has 1 saturated heterocycles. The van der Waals surface area contributed by atoms with E-state index in [1.54, 1.807) is 48.7 Å². The lowest BCUT2D eigenvalue weighted by atomic mass is 9.98. The predicted molar refractivity (Wildman–Crippen MR) is 132 cm³/mol. The molecule has 1 aliphatic heterocycles. The summed E-state index contributed by atoms with van der Waals surface area (Å²) < 4.78 is 5.72. The molecule has 1 fully saturated rings. The van der Waals surface area contributed by atoms with Gasteiger partial charge in [-0.1, -0.05) is 26.0 Å². The molecule has 1 aliphatic rings. The maximum atomic E-state index is 13.2. The summed E-state index contributed by atoms with van der Waals surface area (Å²) in [6.45, 7) is 8.57. The third kappa shape index (κ3) is 4.57. The molecule has 6 nitrogen and oxygen atoms in total. The Balaban J connectivity index is 1.82. The average molecular weight is 457 g/mol. The molecule has 4 rings (SSSR count). The van der Waals surface area contributed by atoms with Gasteiger partial charge in [0.25, 0.3) is 11.7 Å². The zero-order valence-corrected chi connectivity index (χ0v) is 19.8. The molecule has 1 atom stereocenters. The lowest BCUT2D eigenvalue weighted by molar-refractivity contribution is -0.132. The Kier molecular flexibility index (Phi) is 6.50. The molecule has 0 aliphatic carbocycles. The van der Waals surface area contributed by atoms with Crippen LogP contribution in [0.15, 0.2) is 72.4 Å². The Morgan fingerprint density at radius 3 is 2.29 bits per heavy atom. The molecule has 1 amide bonds. The number of pyridine rings is 1. The highest BCUT2D eigenvalue weighted by Gasteiger charge is 2.47. The lowest BCUT2D eigenvalue weighted by Crippen LogP contribution is -2.30. The predicted octanol–water partition coefficient (Wildman–Crippen LogP) is 5.36. The summed E-state index contributed by atoms with van der Waals surface area (Å²) in [5.74, 6) is -0.627. The fourth-order valence-corrected chi connectivity index (χ4v) is 4.13. The van der Waals surface area contributed by atoms with Crippen molar-refractivity contribution >= 4 is 23.1 Å². The lowest BCUT2D eigenvalue weighted by Gasteiger charge is -2.25. The second-order valence-electron chi connectivity index (χ2n) is 9.00. The number of hydrogen-bond acceptors (Lipinski definition) is 5. The van der Waals surface area contributed by atoms with Crippen LogP contribution in [0, 0.1) is 19.8 Å². The summed E-state index contributed by atoms with van der Waals surface area (Å²) in [7, 11) is 0. The molecule has 174 valence electrons. The minimum Gasteiger partial charge on any atom is -0.507 e. The fourth-order valence-electron chi connectivity index (χ4n) is 4.13. The first-order valence-corrected chi connectivity index (χ1v) is 11.3. The fraction of sp³-hybridized carbons (Fsp3) is 0.250. The van der Waals surface area contributed by atoms with Crippen LogP contribution in [0.3, 0.4) is 0 Å². The van der Waals surface area contributed by atoms with Gasteiger partial charge in [-0.3, -0.25) is 19.5 Å². The van der Waals surface area contributed by atoms with Crippen molar-refractivity contribution in [1.82, 2.24) is 4.98 Å². The molecule has 1 N–H and O–H groups in total. The first-order valence-electron chi connectivity index (χ1n) is 11.3. The minimum absolute atomic E-state index is 0.0127. The van der Waals surface area contributed by atoms with Gasteiger partial charge in [0.1, 0.15) is 17.6 Å². The zero-order valence-electron chi connectivity index (χ0n) is 19.8. The molecule has 0 saturated carbocycles. The summed E-state index contributed by atoms with van der Waals surface area (Å²) >= 11 is 0. The van der Waals surface area contributed by atoms with Crippen molar-refractivity contribution in [3.05, 3.63) is 94.8 Å². The molecule has 1 aromatic heterocycles. The Bertz CT molecular complexity index is 1230. The van der Waals surface area contributed by atoms with Gasteiger partial charge in [-0.05, 0) is 79.4 Å². The molecule has 34 heavy (non-hydrogen) atoms. The maximum Gasteiger partial charge on any atom is 0.300 e. The molecule has 6 heteroatoms. The van der Waals surface area contributed by atoms with Crippen molar-refractivity contribution in [2.45, 2.75) is 33.7 Å². The number of ether oxygens (including phenoxy) is 1. The summed E-state index contributed by atoms with van der Waals surface area (Å²) in [6, 6.07) is 17.0. The van der Waals surface area contributed by atoms with E-state index in [1.165, 1.54) is 4.90 Å². The Labute approximate surface area is 199 Å². The standard InChI is InChI=1S/C28H28N2O4/c1-17(2)16-34-22-10-8-20(9-11-22)26(31)24-25(23-7-5-6-12-29-23)30(28(33)27(24)32)21-14-18(3)13-19(4)15-21/h5-15,17,25,31H,16H2,1-4H3/b26-24+. The number of hydrogen-bond donors (Lipinski definition) is 1. The highest BCUT2D eigenvalue weighted by atomic mass is 16.5. The first-order chi connectivity index (χ1) is 16.3. The first kappa shape index (κ1) is 23.2. The van der Waals surface area contributed by atoms with Crippen LogP contribution in [0.2, 0.25) is 0 Å². The van der Waals surface area contributed by atoms with Gasteiger partial charge in [-0.25, -0.2) is 0 Å². The van der Waals surface area contributed by atoms with Crippen molar-refractivity contribution in [2.75, 3.05) is 11.5 Å². The van der Waals surface area contributed by atoms with Crippen LogP contribution in [0.1, 0.15) is 42.3 Å². The van der Waals surface area contributed by atoms with E-state index in [-0.39, 0.29) is 11.3 Å². The number of anilines is 1. The Morgan fingerprint density at radius 2 is 1.71 bits per heavy atom. The molecule has 2 aromatic carbocycles. The summed E-state index contributed by atoms with van der Waals surface area (Å²) in [6.07, 6.45) is 1.61. The van der Waals surface area contributed by atoms with E-state index >= 15 is 0 Å². The minimum atomic E-state index is -0.848. The largest absolute Gasteiger partial charge is 0.507 e. The summed E-state index contributed by atoms with van der Waals surface area (Å²) in [5, 5.41) is 11.2. The highest BCUT2D eigenvalue weighted by Crippen LogP contribution is 2.42. The summed E-state index contributed by atoms with van der Waals surface area (Å²) in [4.78, 5) is 32.3. The second kappa shape index (κ2) is 9.51.